The van der Waals surface area contributed by atoms with Crippen molar-refractivity contribution in [3.8, 4) is 17.2 Å². The molecule has 1 fully saturated rings. The minimum Gasteiger partial charge on any atom is -0.497 e. The first-order valence-electron chi connectivity index (χ1n) is 18.7. The molecule has 0 unspecified atom stereocenters. The summed E-state index contributed by atoms with van der Waals surface area (Å²) in [5, 5.41) is 26.8. The second kappa shape index (κ2) is 18.6. The quantitative estimate of drug-likeness (QED) is 0.0987. The van der Waals surface area contributed by atoms with E-state index < -0.39 is 23.8 Å². The van der Waals surface area contributed by atoms with Gasteiger partial charge in [0.05, 0.1) is 31.8 Å². The Bertz CT molecular complexity index is 1640. The molecular weight excluding hydrogens is 678 g/mol. The lowest BCUT2D eigenvalue weighted by Gasteiger charge is -2.59. The summed E-state index contributed by atoms with van der Waals surface area (Å²) >= 11 is 0. The van der Waals surface area contributed by atoms with Crippen molar-refractivity contribution in [1.82, 2.24) is 10.2 Å². The van der Waals surface area contributed by atoms with Crippen molar-refractivity contribution in [3.05, 3.63) is 77.9 Å². The number of fused-ring (bicyclic) bond motifs is 2. The number of likely N-dealkylation sites (N-methyl/N-ethyl adjacent to an activating group) is 1. The van der Waals surface area contributed by atoms with Crippen molar-refractivity contribution in [1.29, 1.82) is 0 Å². The SMILES string of the molecule is C=CCO[C@@]12Oc3ccc(OC(=O)NCC)cc3[C@H]3[C@H](CCCCO)[C@@H](CCCCO)C=C(C(=NOC)C[C@@H]1N(C)C(=O)Cc1cccc(OC)c1)[C@H]32. The number of aliphatic hydroxyl groups excluding tert-OH is 2. The summed E-state index contributed by atoms with van der Waals surface area (Å²) in [5.74, 6) is -0.441. The molecule has 53 heavy (non-hydrogen) atoms. The largest absolute Gasteiger partial charge is 0.497 e. The van der Waals surface area contributed by atoms with E-state index >= 15 is 0 Å². The molecule has 0 aromatic heterocycles. The summed E-state index contributed by atoms with van der Waals surface area (Å²) in [4.78, 5) is 34.0. The fraction of sp³-hybridized carbons (Fsp3) is 0.537. The van der Waals surface area contributed by atoms with Crippen LogP contribution in [0, 0.1) is 17.8 Å². The van der Waals surface area contributed by atoms with Crippen molar-refractivity contribution in [2.45, 2.75) is 76.0 Å². The first kappa shape index (κ1) is 39.8. The monoisotopic (exact) mass is 733 g/mol. The molecule has 0 bridgehead atoms. The lowest BCUT2D eigenvalue weighted by molar-refractivity contribution is -0.255. The Morgan fingerprint density at radius 3 is 2.55 bits per heavy atom. The van der Waals surface area contributed by atoms with Crippen LogP contribution >= 0.6 is 0 Å². The standard InChI is InChI=1S/C41H55N3O9/c1-6-21-51-41-36(44(3)37(47)23-27-13-12-15-29(22-27)49-4)26-34(43-50-5)32-24-28(14-8-10-19-45)31(16-9-11-20-46)38(39(32)41)33-25-30(17-18-35(33)53-41)52-40(48)42-7-2/h6,12-13,15,17-18,22,24-25,28,31,36,38-39,45-46H,1,7-11,14,16,19-21,23,26H2,2-5H3,(H,42,48)/t28-,31+,36-,38+,39+,41+/m0/s1. The predicted molar refractivity (Wildman–Crippen MR) is 201 cm³/mol. The third kappa shape index (κ3) is 8.71. The van der Waals surface area contributed by atoms with E-state index in [1.165, 1.54) is 7.11 Å². The average Bonchev–Trinajstić information content (AvgIpc) is 3.15. The van der Waals surface area contributed by atoms with Crippen LogP contribution in [0.5, 0.6) is 17.2 Å². The van der Waals surface area contributed by atoms with Gasteiger partial charge in [0, 0.05) is 44.7 Å². The molecule has 0 spiro atoms. The lowest BCUT2D eigenvalue weighted by Crippen LogP contribution is -2.69. The fourth-order valence-electron chi connectivity index (χ4n) is 8.44. The van der Waals surface area contributed by atoms with E-state index in [2.05, 4.69) is 23.1 Å². The molecule has 0 radical (unpaired) electrons. The van der Waals surface area contributed by atoms with Crippen LogP contribution in [0.1, 0.15) is 68.9 Å². The molecule has 12 heteroatoms. The molecule has 12 nitrogen and oxygen atoms in total. The first-order chi connectivity index (χ1) is 25.7. The average molecular weight is 734 g/mol. The van der Waals surface area contributed by atoms with E-state index in [1.54, 1.807) is 31.2 Å². The van der Waals surface area contributed by atoms with Gasteiger partial charge in [0.25, 0.3) is 0 Å². The van der Waals surface area contributed by atoms with Gasteiger partial charge in [-0.15, -0.1) is 6.58 Å². The summed E-state index contributed by atoms with van der Waals surface area (Å²) in [7, 11) is 4.89. The van der Waals surface area contributed by atoms with Gasteiger partial charge < -0.3 is 44.2 Å². The molecule has 5 rings (SSSR count). The van der Waals surface area contributed by atoms with Crippen LogP contribution in [0.3, 0.4) is 0 Å². The van der Waals surface area contributed by atoms with Gasteiger partial charge >= 0.3 is 6.09 Å². The summed E-state index contributed by atoms with van der Waals surface area (Å²) in [6.07, 6.45) is 8.39. The van der Waals surface area contributed by atoms with Gasteiger partial charge in [-0.2, -0.15) is 0 Å². The smallest absolute Gasteiger partial charge is 0.412 e. The van der Waals surface area contributed by atoms with Crippen molar-refractivity contribution in [3.63, 3.8) is 0 Å². The molecular formula is C41H55N3O9. The topological polar surface area (TPSA) is 148 Å². The Hall–Kier alpha value is -4.39. The van der Waals surface area contributed by atoms with Gasteiger partial charge in [0.1, 0.15) is 30.4 Å². The van der Waals surface area contributed by atoms with Crippen molar-refractivity contribution in [2.24, 2.45) is 22.9 Å². The molecule has 1 heterocycles. The van der Waals surface area contributed by atoms with Crippen molar-refractivity contribution >= 4 is 17.7 Å². The van der Waals surface area contributed by atoms with Gasteiger partial charge in [-0.3, -0.25) is 4.79 Å². The van der Waals surface area contributed by atoms with Gasteiger partial charge in [-0.25, -0.2) is 4.79 Å². The number of oxime groups is 1. The number of methoxy groups -OCH3 is 1. The third-order valence-electron chi connectivity index (χ3n) is 10.7. The zero-order chi connectivity index (χ0) is 38.0. The number of amides is 2. The number of benzene rings is 2. The number of hydrogen-bond donors (Lipinski definition) is 3. The molecule has 3 aliphatic rings. The first-order valence-corrected chi connectivity index (χ1v) is 18.7. The van der Waals surface area contributed by atoms with Crippen LogP contribution in [-0.4, -0.2) is 92.3 Å². The highest BCUT2D eigenvalue weighted by Gasteiger charge is 2.65. The number of carbonyl (C=O) groups is 2. The Morgan fingerprint density at radius 1 is 1.08 bits per heavy atom. The summed E-state index contributed by atoms with van der Waals surface area (Å²) in [6.45, 7) is 6.55. The number of nitrogens with one attached hydrogen (secondary N) is 1. The zero-order valence-corrected chi connectivity index (χ0v) is 31.4. The number of carbonyl (C=O) groups excluding carboxylic acids is 2. The third-order valence-corrected chi connectivity index (χ3v) is 10.7. The van der Waals surface area contributed by atoms with Crippen molar-refractivity contribution < 1.29 is 43.6 Å². The second-order valence-corrected chi connectivity index (χ2v) is 13.9. The van der Waals surface area contributed by atoms with E-state index in [4.69, 9.17) is 23.8 Å². The number of rotatable bonds is 18. The maximum absolute atomic E-state index is 14.3. The van der Waals surface area contributed by atoms with Crippen LogP contribution in [-0.2, 0) is 20.8 Å². The van der Waals surface area contributed by atoms with E-state index in [0.717, 1.165) is 42.4 Å². The van der Waals surface area contributed by atoms with E-state index in [-0.39, 0.29) is 49.9 Å². The second-order valence-electron chi connectivity index (χ2n) is 13.9. The van der Waals surface area contributed by atoms with Gasteiger partial charge in [0.2, 0.25) is 11.7 Å². The molecule has 1 saturated carbocycles. The van der Waals surface area contributed by atoms with Gasteiger partial charge in [-0.1, -0.05) is 42.3 Å². The molecule has 6 atom stereocenters. The highest BCUT2D eigenvalue weighted by molar-refractivity contribution is 6.03. The van der Waals surface area contributed by atoms with Gasteiger partial charge in [-0.05, 0) is 85.9 Å². The molecule has 2 aliphatic carbocycles. The maximum atomic E-state index is 14.3. The van der Waals surface area contributed by atoms with Crippen molar-refractivity contribution in [2.75, 3.05) is 47.6 Å². The molecule has 288 valence electrons. The van der Waals surface area contributed by atoms with Crippen LogP contribution in [0.15, 0.2) is 71.9 Å². The zero-order valence-electron chi connectivity index (χ0n) is 31.4. The molecule has 1 aliphatic heterocycles. The highest BCUT2D eigenvalue weighted by atomic mass is 16.7. The van der Waals surface area contributed by atoms with E-state index in [9.17, 15) is 19.8 Å². The van der Waals surface area contributed by atoms with Crippen LogP contribution < -0.4 is 19.5 Å². The molecule has 2 aromatic carbocycles. The van der Waals surface area contributed by atoms with Crippen LogP contribution in [0.2, 0.25) is 0 Å². The summed E-state index contributed by atoms with van der Waals surface area (Å²) in [6, 6.07) is 12.2. The Labute approximate surface area is 312 Å². The van der Waals surface area contributed by atoms with Crippen LogP contribution in [0.25, 0.3) is 0 Å². The van der Waals surface area contributed by atoms with Crippen LogP contribution in [0.4, 0.5) is 4.79 Å². The van der Waals surface area contributed by atoms with E-state index in [0.29, 0.717) is 48.8 Å². The molecule has 0 saturated heterocycles. The molecule has 2 aromatic rings. The molecule has 2 amide bonds. The summed E-state index contributed by atoms with van der Waals surface area (Å²) < 4.78 is 25.2. The minimum atomic E-state index is -1.36. The number of hydrogen-bond acceptors (Lipinski definition) is 10. The lowest BCUT2D eigenvalue weighted by atomic mass is 9.55. The maximum Gasteiger partial charge on any atom is 0.412 e. The van der Waals surface area contributed by atoms with E-state index in [1.807, 2.05) is 43.3 Å². The Morgan fingerprint density at radius 2 is 1.85 bits per heavy atom. The Balaban J connectivity index is 1.70. The normalized spacial score (nSPS) is 24.9. The Kier molecular flexibility index (Phi) is 14.0. The fourth-order valence-corrected chi connectivity index (χ4v) is 8.44. The minimum absolute atomic E-state index is 0.0448. The number of aliphatic hydroxyl groups is 2. The van der Waals surface area contributed by atoms with Gasteiger partial charge in [0.15, 0.2) is 0 Å². The molecule has 3 N–H and O–H groups in total. The number of ether oxygens (including phenoxy) is 4. The number of unbranched alkanes of at least 4 members (excludes halogenated alkanes) is 2. The number of nitrogens with zero attached hydrogens (tertiary/aromatic N) is 2. The number of allylic oxidation sites excluding steroid dienone is 1. The highest BCUT2D eigenvalue weighted by Crippen LogP contribution is 2.61. The predicted octanol–water partition coefficient (Wildman–Crippen LogP) is 5.77. The summed E-state index contributed by atoms with van der Waals surface area (Å²) in [5.41, 5.74) is 3.31.